The second kappa shape index (κ2) is 13.5. The maximum atomic E-state index is 6.25. The summed E-state index contributed by atoms with van der Waals surface area (Å²) in [5, 5.41) is 0. The van der Waals surface area contributed by atoms with E-state index in [-0.39, 0.29) is 0 Å². The fourth-order valence-corrected chi connectivity index (χ4v) is 3.99. The van der Waals surface area contributed by atoms with E-state index in [4.69, 9.17) is 4.74 Å². The number of hydrogen-bond acceptors (Lipinski definition) is 1. The van der Waals surface area contributed by atoms with Crippen molar-refractivity contribution in [2.45, 2.75) is 104 Å². The minimum absolute atomic E-state index is 0.588. The van der Waals surface area contributed by atoms with Crippen LogP contribution in [0.5, 0.6) is 11.5 Å². The zero-order chi connectivity index (χ0) is 20.9. The Morgan fingerprint density at radius 3 is 1.48 bits per heavy atom. The SMILES string of the molecule is CCCCCCC(C)c1cccc(Oc2cccc(C(C)CCCCCC)c2)c1. The summed E-state index contributed by atoms with van der Waals surface area (Å²) < 4.78 is 6.25. The first-order valence-electron chi connectivity index (χ1n) is 12.0. The molecule has 2 aromatic carbocycles. The molecule has 0 heterocycles. The van der Waals surface area contributed by atoms with Crippen molar-refractivity contribution in [3.05, 3.63) is 59.7 Å². The zero-order valence-corrected chi connectivity index (χ0v) is 19.3. The van der Waals surface area contributed by atoms with Crippen molar-refractivity contribution in [2.75, 3.05) is 0 Å². The summed E-state index contributed by atoms with van der Waals surface area (Å²) in [6.45, 7) is 9.22. The van der Waals surface area contributed by atoms with Gasteiger partial charge in [0.15, 0.2) is 0 Å². The Hall–Kier alpha value is -1.76. The lowest BCUT2D eigenvalue weighted by Crippen LogP contribution is -1.96. The first-order valence-corrected chi connectivity index (χ1v) is 12.0. The van der Waals surface area contributed by atoms with Gasteiger partial charge in [0.25, 0.3) is 0 Å². The monoisotopic (exact) mass is 394 g/mol. The zero-order valence-electron chi connectivity index (χ0n) is 19.3. The normalized spacial score (nSPS) is 13.2. The smallest absolute Gasteiger partial charge is 0.127 e. The lowest BCUT2D eigenvalue weighted by Gasteiger charge is -2.15. The quantitative estimate of drug-likeness (QED) is 0.290. The van der Waals surface area contributed by atoms with Crippen molar-refractivity contribution in [1.29, 1.82) is 0 Å². The molecule has 0 bridgehead atoms. The van der Waals surface area contributed by atoms with Gasteiger partial charge in [-0.2, -0.15) is 0 Å². The minimum atomic E-state index is 0.588. The van der Waals surface area contributed by atoms with Crippen molar-refractivity contribution in [1.82, 2.24) is 0 Å². The Labute approximate surface area is 179 Å². The molecule has 160 valence electrons. The van der Waals surface area contributed by atoms with Gasteiger partial charge in [-0.05, 0) is 60.1 Å². The topological polar surface area (TPSA) is 9.23 Å². The number of rotatable bonds is 14. The second-order valence-corrected chi connectivity index (χ2v) is 8.75. The number of hydrogen-bond donors (Lipinski definition) is 0. The Bertz CT molecular complexity index is 631. The van der Waals surface area contributed by atoms with Gasteiger partial charge in [-0.1, -0.05) is 103 Å². The molecule has 0 radical (unpaired) electrons. The molecule has 2 atom stereocenters. The highest BCUT2D eigenvalue weighted by atomic mass is 16.5. The van der Waals surface area contributed by atoms with E-state index < -0.39 is 0 Å². The van der Waals surface area contributed by atoms with Crippen LogP contribution in [0.25, 0.3) is 0 Å². The largest absolute Gasteiger partial charge is 0.457 e. The maximum Gasteiger partial charge on any atom is 0.127 e. The van der Waals surface area contributed by atoms with Crippen LogP contribution < -0.4 is 4.74 Å². The number of unbranched alkanes of at least 4 members (excludes halogenated alkanes) is 6. The minimum Gasteiger partial charge on any atom is -0.457 e. The summed E-state index contributed by atoms with van der Waals surface area (Å²) in [6, 6.07) is 17.4. The lowest BCUT2D eigenvalue weighted by atomic mass is 9.94. The van der Waals surface area contributed by atoms with Crippen LogP contribution >= 0.6 is 0 Å². The van der Waals surface area contributed by atoms with Gasteiger partial charge in [0.05, 0.1) is 0 Å². The highest BCUT2D eigenvalue weighted by Crippen LogP contribution is 2.30. The van der Waals surface area contributed by atoms with Gasteiger partial charge in [0.2, 0.25) is 0 Å². The van der Waals surface area contributed by atoms with Crippen LogP contribution in [0, 0.1) is 0 Å². The Morgan fingerprint density at radius 1 is 0.621 bits per heavy atom. The molecule has 0 aliphatic carbocycles. The van der Waals surface area contributed by atoms with E-state index in [1.807, 2.05) is 0 Å². The molecule has 0 amide bonds. The van der Waals surface area contributed by atoms with Crippen molar-refractivity contribution in [3.63, 3.8) is 0 Å². The summed E-state index contributed by atoms with van der Waals surface area (Å²) >= 11 is 0. The van der Waals surface area contributed by atoms with E-state index in [0.29, 0.717) is 11.8 Å². The first kappa shape index (κ1) is 23.5. The molecular formula is C28H42O. The van der Waals surface area contributed by atoms with Crippen LogP contribution in [0.15, 0.2) is 48.5 Å². The lowest BCUT2D eigenvalue weighted by molar-refractivity contribution is 0.478. The van der Waals surface area contributed by atoms with E-state index in [9.17, 15) is 0 Å². The predicted octanol–water partition coefficient (Wildman–Crippen LogP) is 9.63. The van der Waals surface area contributed by atoms with Gasteiger partial charge in [-0.3, -0.25) is 0 Å². The molecule has 0 spiro atoms. The van der Waals surface area contributed by atoms with Crippen molar-refractivity contribution >= 4 is 0 Å². The second-order valence-electron chi connectivity index (χ2n) is 8.75. The van der Waals surface area contributed by atoms with E-state index in [2.05, 4.69) is 76.2 Å². The maximum absolute atomic E-state index is 6.25. The highest BCUT2D eigenvalue weighted by Gasteiger charge is 2.09. The third kappa shape index (κ3) is 8.64. The Morgan fingerprint density at radius 2 is 1.07 bits per heavy atom. The molecule has 0 aliphatic rings. The molecule has 0 fully saturated rings. The van der Waals surface area contributed by atoms with Crippen LogP contribution in [0.4, 0.5) is 0 Å². The van der Waals surface area contributed by atoms with Crippen molar-refractivity contribution < 1.29 is 4.74 Å². The average Bonchev–Trinajstić information content (AvgIpc) is 2.74. The molecule has 2 rings (SSSR count). The fraction of sp³-hybridized carbons (Fsp3) is 0.571. The molecule has 0 saturated heterocycles. The summed E-state index contributed by atoms with van der Waals surface area (Å²) in [6.07, 6.45) is 13.1. The molecule has 0 aliphatic heterocycles. The van der Waals surface area contributed by atoms with Gasteiger partial charge in [0.1, 0.15) is 11.5 Å². The fourth-order valence-electron chi connectivity index (χ4n) is 3.99. The first-order chi connectivity index (χ1) is 14.1. The molecule has 1 heteroatoms. The van der Waals surface area contributed by atoms with Crippen LogP contribution in [0.1, 0.15) is 115 Å². The van der Waals surface area contributed by atoms with Gasteiger partial charge >= 0.3 is 0 Å². The highest BCUT2D eigenvalue weighted by molar-refractivity contribution is 5.37. The molecule has 2 unspecified atom stereocenters. The molecule has 0 saturated carbocycles. The van der Waals surface area contributed by atoms with Crippen LogP contribution in [-0.4, -0.2) is 0 Å². The molecule has 1 nitrogen and oxygen atoms in total. The van der Waals surface area contributed by atoms with Gasteiger partial charge in [-0.15, -0.1) is 0 Å². The molecule has 0 N–H and O–H groups in total. The van der Waals surface area contributed by atoms with E-state index in [1.54, 1.807) is 0 Å². The Kier molecular flexibility index (Phi) is 10.9. The van der Waals surface area contributed by atoms with E-state index in [0.717, 1.165) is 11.5 Å². The summed E-state index contributed by atoms with van der Waals surface area (Å²) in [4.78, 5) is 0. The standard InChI is InChI=1S/C28H42O/c1-5-7-9-11-15-23(3)25-17-13-19-27(21-25)29-28-20-14-18-26(22-28)24(4)16-12-10-8-6-2/h13-14,17-24H,5-12,15-16H2,1-4H3. The third-order valence-electron chi connectivity index (χ3n) is 6.07. The number of benzene rings is 2. The van der Waals surface area contributed by atoms with Crippen molar-refractivity contribution in [3.8, 4) is 11.5 Å². The Balaban J connectivity index is 1.94. The van der Waals surface area contributed by atoms with E-state index >= 15 is 0 Å². The van der Waals surface area contributed by atoms with E-state index in [1.165, 1.54) is 75.3 Å². The molecular weight excluding hydrogens is 352 g/mol. The van der Waals surface area contributed by atoms with Gasteiger partial charge in [0, 0.05) is 0 Å². The summed E-state index contributed by atoms with van der Waals surface area (Å²) in [5.74, 6) is 3.08. The van der Waals surface area contributed by atoms with Crippen molar-refractivity contribution in [2.24, 2.45) is 0 Å². The predicted molar refractivity (Wildman–Crippen MR) is 127 cm³/mol. The van der Waals surface area contributed by atoms with Crippen LogP contribution in [-0.2, 0) is 0 Å². The summed E-state index contributed by atoms with van der Waals surface area (Å²) in [5.41, 5.74) is 2.78. The number of ether oxygens (including phenoxy) is 1. The van der Waals surface area contributed by atoms with Gasteiger partial charge in [-0.25, -0.2) is 0 Å². The molecule has 0 aromatic heterocycles. The van der Waals surface area contributed by atoms with Crippen LogP contribution in [0.3, 0.4) is 0 Å². The van der Waals surface area contributed by atoms with Gasteiger partial charge < -0.3 is 4.74 Å². The average molecular weight is 395 g/mol. The molecule has 2 aromatic rings. The third-order valence-corrected chi connectivity index (χ3v) is 6.07. The molecule has 29 heavy (non-hydrogen) atoms. The summed E-state index contributed by atoms with van der Waals surface area (Å²) in [7, 11) is 0. The van der Waals surface area contributed by atoms with Crippen LogP contribution in [0.2, 0.25) is 0 Å².